The molecular formula is C15H17N3. The first-order valence-electron chi connectivity index (χ1n) is 6.27. The third-order valence-corrected chi connectivity index (χ3v) is 3.28. The molecule has 1 aromatic carbocycles. The molecule has 1 aromatic heterocycles. The Bertz CT molecular complexity index is 607. The number of fused-ring (bicyclic) bond motifs is 1. The van der Waals surface area contributed by atoms with Crippen molar-refractivity contribution >= 4 is 16.7 Å². The summed E-state index contributed by atoms with van der Waals surface area (Å²) in [4.78, 5) is 6.88. The summed E-state index contributed by atoms with van der Waals surface area (Å²) in [5.74, 6) is 0.926. The largest absolute Gasteiger partial charge is 0.357 e. The van der Waals surface area contributed by atoms with E-state index in [1.807, 2.05) is 31.2 Å². The van der Waals surface area contributed by atoms with E-state index < -0.39 is 0 Å². The van der Waals surface area contributed by atoms with E-state index in [-0.39, 0.29) is 0 Å². The molecule has 0 aliphatic rings. The highest BCUT2D eigenvalue weighted by atomic mass is 15.2. The van der Waals surface area contributed by atoms with Gasteiger partial charge in [-0.25, -0.2) is 4.98 Å². The number of hydrogen-bond acceptors (Lipinski definition) is 3. The van der Waals surface area contributed by atoms with Gasteiger partial charge in [-0.3, -0.25) is 0 Å². The summed E-state index contributed by atoms with van der Waals surface area (Å²) in [6.45, 7) is 7.98. The van der Waals surface area contributed by atoms with Crippen LogP contribution in [-0.4, -0.2) is 18.1 Å². The number of nitriles is 1. The molecule has 0 radical (unpaired) electrons. The van der Waals surface area contributed by atoms with Gasteiger partial charge in [-0.05, 0) is 26.8 Å². The molecule has 0 spiro atoms. The third-order valence-electron chi connectivity index (χ3n) is 3.28. The summed E-state index contributed by atoms with van der Waals surface area (Å²) in [6, 6.07) is 10.1. The second-order valence-corrected chi connectivity index (χ2v) is 4.24. The lowest BCUT2D eigenvalue weighted by atomic mass is 10.0. The lowest BCUT2D eigenvalue weighted by molar-refractivity contribution is 0.844. The van der Waals surface area contributed by atoms with Gasteiger partial charge in [0.25, 0.3) is 0 Å². The van der Waals surface area contributed by atoms with Crippen LogP contribution >= 0.6 is 0 Å². The SMILES string of the molecule is CCN(CC)c1nc2ccccc2c(C#N)c1C. The van der Waals surface area contributed by atoms with Crippen LogP contribution in [0.25, 0.3) is 10.9 Å². The van der Waals surface area contributed by atoms with Crippen molar-refractivity contribution in [1.29, 1.82) is 5.26 Å². The molecule has 0 fully saturated rings. The van der Waals surface area contributed by atoms with Crippen LogP contribution in [0.15, 0.2) is 24.3 Å². The van der Waals surface area contributed by atoms with Crippen molar-refractivity contribution in [1.82, 2.24) is 4.98 Å². The van der Waals surface area contributed by atoms with Crippen molar-refractivity contribution in [2.75, 3.05) is 18.0 Å². The molecule has 18 heavy (non-hydrogen) atoms. The summed E-state index contributed by atoms with van der Waals surface area (Å²) in [5, 5.41) is 10.3. The molecular weight excluding hydrogens is 222 g/mol. The third kappa shape index (κ3) is 1.91. The fraction of sp³-hybridized carbons (Fsp3) is 0.333. The lowest BCUT2D eigenvalue weighted by Gasteiger charge is -2.23. The normalized spacial score (nSPS) is 10.3. The smallest absolute Gasteiger partial charge is 0.133 e. The predicted octanol–water partition coefficient (Wildman–Crippen LogP) is 3.26. The predicted molar refractivity (Wildman–Crippen MR) is 74.8 cm³/mol. The summed E-state index contributed by atoms with van der Waals surface area (Å²) >= 11 is 0. The van der Waals surface area contributed by atoms with Crippen molar-refractivity contribution in [3.05, 3.63) is 35.4 Å². The maximum atomic E-state index is 9.37. The van der Waals surface area contributed by atoms with E-state index in [4.69, 9.17) is 4.98 Å². The van der Waals surface area contributed by atoms with Crippen molar-refractivity contribution in [3.63, 3.8) is 0 Å². The van der Waals surface area contributed by atoms with E-state index >= 15 is 0 Å². The first-order chi connectivity index (χ1) is 8.72. The molecule has 2 rings (SSSR count). The number of benzene rings is 1. The number of anilines is 1. The summed E-state index contributed by atoms with van der Waals surface area (Å²) in [5.41, 5.74) is 2.60. The molecule has 92 valence electrons. The van der Waals surface area contributed by atoms with Gasteiger partial charge >= 0.3 is 0 Å². The highest BCUT2D eigenvalue weighted by molar-refractivity contribution is 5.88. The minimum atomic E-state index is 0.738. The van der Waals surface area contributed by atoms with Crippen LogP contribution in [0.1, 0.15) is 25.0 Å². The van der Waals surface area contributed by atoms with Gasteiger partial charge in [0.1, 0.15) is 11.9 Å². The summed E-state index contributed by atoms with van der Waals surface area (Å²) in [6.07, 6.45) is 0. The average Bonchev–Trinajstić information content (AvgIpc) is 2.41. The number of rotatable bonds is 3. The minimum absolute atomic E-state index is 0.738. The lowest BCUT2D eigenvalue weighted by Crippen LogP contribution is -2.24. The van der Waals surface area contributed by atoms with Crippen LogP contribution in [0, 0.1) is 18.3 Å². The topological polar surface area (TPSA) is 39.9 Å². The molecule has 0 unspecified atom stereocenters. The van der Waals surface area contributed by atoms with Crippen LogP contribution in [0.5, 0.6) is 0 Å². The maximum absolute atomic E-state index is 9.37. The number of aromatic nitrogens is 1. The zero-order valence-electron chi connectivity index (χ0n) is 11.1. The summed E-state index contributed by atoms with van der Waals surface area (Å²) < 4.78 is 0. The van der Waals surface area contributed by atoms with Crippen LogP contribution < -0.4 is 4.90 Å². The minimum Gasteiger partial charge on any atom is -0.357 e. The zero-order valence-corrected chi connectivity index (χ0v) is 11.1. The Hall–Kier alpha value is -2.08. The fourth-order valence-corrected chi connectivity index (χ4v) is 2.27. The number of para-hydroxylation sites is 1. The molecule has 2 aromatic rings. The van der Waals surface area contributed by atoms with Gasteiger partial charge in [0.2, 0.25) is 0 Å². The van der Waals surface area contributed by atoms with E-state index in [2.05, 4.69) is 24.8 Å². The zero-order chi connectivity index (χ0) is 13.1. The standard InChI is InChI=1S/C15H17N3/c1-4-18(5-2)15-11(3)13(10-16)12-8-6-7-9-14(12)17-15/h6-9H,4-5H2,1-3H3. The Balaban J connectivity index is 2.77. The van der Waals surface area contributed by atoms with Crippen molar-refractivity contribution in [2.24, 2.45) is 0 Å². The molecule has 0 aliphatic carbocycles. The van der Waals surface area contributed by atoms with E-state index in [1.165, 1.54) is 0 Å². The van der Waals surface area contributed by atoms with Crippen LogP contribution in [0.2, 0.25) is 0 Å². The van der Waals surface area contributed by atoms with E-state index in [0.29, 0.717) is 0 Å². The van der Waals surface area contributed by atoms with E-state index in [1.54, 1.807) is 0 Å². The van der Waals surface area contributed by atoms with Gasteiger partial charge in [-0.15, -0.1) is 0 Å². The molecule has 0 aliphatic heterocycles. The Labute approximate surface area is 108 Å². The monoisotopic (exact) mass is 239 g/mol. The van der Waals surface area contributed by atoms with Crippen LogP contribution in [-0.2, 0) is 0 Å². The molecule has 0 N–H and O–H groups in total. The first kappa shape index (κ1) is 12.4. The van der Waals surface area contributed by atoms with Crippen LogP contribution in [0.3, 0.4) is 0 Å². The quantitative estimate of drug-likeness (QED) is 0.825. The number of hydrogen-bond donors (Lipinski definition) is 0. The highest BCUT2D eigenvalue weighted by Gasteiger charge is 2.14. The highest BCUT2D eigenvalue weighted by Crippen LogP contribution is 2.27. The van der Waals surface area contributed by atoms with Crippen molar-refractivity contribution in [2.45, 2.75) is 20.8 Å². The molecule has 0 amide bonds. The van der Waals surface area contributed by atoms with Crippen molar-refractivity contribution in [3.8, 4) is 6.07 Å². The molecule has 3 heteroatoms. The number of pyridine rings is 1. The maximum Gasteiger partial charge on any atom is 0.133 e. The Kier molecular flexibility index (Phi) is 3.47. The van der Waals surface area contributed by atoms with Gasteiger partial charge < -0.3 is 4.90 Å². The molecule has 0 atom stereocenters. The summed E-state index contributed by atoms with van der Waals surface area (Å²) in [7, 11) is 0. The Morgan fingerprint density at radius 3 is 2.50 bits per heavy atom. The number of nitrogens with zero attached hydrogens (tertiary/aromatic N) is 3. The molecule has 0 saturated carbocycles. The Morgan fingerprint density at radius 2 is 1.89 bits per heavy atom. The van der Waals surface area contributed by atoms with E-state index in [0.717, 1.165) is 40.9 Å². The van der Waals surface area contributed by atoms with Crippen LogP contribution in [0.4, 0.5) is 5.82 Å². The molecule has 3 nitrogen and oxygen atoms in total. The Morgan fingerprint density at radius 1 is 1.22 bits per heavy atom. The molecule has 0 saturated heterocycles. The second kappa shape index (κ2) is 5.05. The van der Waals surface area contributed by atoms with Gasteiger partial charge in [0, 0.05) is 24.0 Å². The van der Waals surface area contributed by atoms with Gasteiger partial charge in [0.15, 0.2) is 0 Å². The van der Waals surface area contributed by atoms with Crippen molar-refractivity contribution < 1.29 is 0 Å². The molecule has 0 bridgehead atoms. The second-order valence-electron chi connectivity index (χ2n) is 4.24. The van der Waals surface area contributed by atoms with Gasteiger partial charge in [-0.1, -0.05) is 18.2 Å². The average molecular weight is 239 g/mol. The first-order valence-corrected chi connectivity index (χ1v) is 6.27. The van der Waals surface area contributed by atoms with E-state index in [9.17, 15) is 5.26 Å². The van der Waals surface area contributed by atoms with Gasteiger partial charge in [-0.2, -0.15) is 5.26 Å². The van der Waals surface area contributed by atoms with Gasteiger partial charge in [0.05, 0.1) is 11.1 Å². The molecule has 1 heterocycles. The fourth-order valence-electron chi connectivity index (χ4n) is 2.27.